The van der Waals surface area contributed by atoms with Gasteiger partial charge in [0.25, 0.3) is 0 Å². The topological polar surface area (TPSA) is 12.0 Å². The molecule has 0 amide bonds. The van der Waals surface area contributed by atoms with Crippen LogP contribution in [0.4, 0.5) is 0 Å². The van der Waals surface area contributed by atoms with Crippen LogP contribution in [0.3, 0.4) is 0 Å². The summed E-state index contributed by atoms with van der Waals surface area (Å²) in [5.74, 6) is 0. The Hall–Kier alpha value is -1.24. The van der Waals surface area contributed by atoms with Crippen LogP contribution in [0, 0.1) is 10.8 Å². The summed E-state index contributed by atoms with van der Waals surface area (Å²) in [6.07, 6.45) is 10.3. The maximum Gasteiger partial charge on any atom is 0.0367 e. The van der Waals surface area contributed by atoms with E-state index in [9.17, 15) is 0 Å². The lowest BCUT2D eigenvalue weighted by Crippen LogP contribution is -2.25. The lowest BCUT2D eigenvalue weighted by atomic mass is 9.70. The van der Waals surface area contributed by atoms with Crippen molar-refractivity contribution in [1.82, 2.24) is 5.32 Å². The van der Waals surface area contributed by atoms with Gasteiger partial charge in [-0.3, -0.25) is 0 Å². The van der Waals surface area contributed by atoms with Crippen LogP contribution in [0.25, 0.3) is 0 Å². The van der Waals surface area contributed by atoms with Gasteiger partial charge in [0, 0.05) is 16.8 Å². The molecule has 0 saturated heterocycles. The molecule has 118 valence electrons. The molecule has 0 aromatic rings. The lowest BCUT2D eigenvalue weighted by Gasteiger charge is -2.36. The molecule has 1 aliphatic rings. The van der Waals surface area contributed by atoms with Crippen molar-refractivity contribution in [2.75, 3.05) is 0 Å². The highest BCUT2D eigenvalue weighted by Crippen LogP contribution is 2.43. The molecule has 1 aliphatic carbocycles. The second-order valence-electron chi connectivity index (χ2n) is 7.69. The Bertz CT molecular complexity index is 478. The second-order valence-corrected chi connectivity index (χ2v) is 7.69. The smallest absolute Gasteiger partial charge is 0.0367 e. The normalized spacial score (nSPS) is 18.9. The van der Waals surface area contributed by atoms with Crippen LogP contribution in [0.2, 0.25) is 0 Å². The zero-order chi connectivity index (χ0) is 16.3. The van der Waals surface area contributed by atoms with E-state index in [4.69, 9.17) is 0 Å². The second kappa shape index (κ2) is 6.68. The quantitative estimate of drug-likeness (QED) is 0.458. The number of hydrogen-bond donors (Lipinski definition) is 1. The van der Waals surface area contributed by atoms with Crippen LogP contribution in [0.5, 0.6) is 0 Å². The molecule has 0 bridgehead atoms. The van der Waals surface area contributed by atoms with Gasteiger partial charge in [0.2, 0.25) is 0 Å². The Morgan fingerprint density at radius 1 is 1.29 bits per heavy atom. The fourth-order valence-electron chi connectivity index (χ4n) is 2.49. The van der Waals surface area contributed by atoms with Gasteiger partial charge < -0.3 is 5.32 Å². The summed E-state index contributed by atoms with van der Waals surface area (Å²) in [5, 5.41) is 3.52. The van der Waals surface area contributed by atoms with E-state index < -0.39 is 0 Å². The van der Waals surface area contributed by atoms with Crippen molar-refractivity contribution in [3.63, 3.8) is 0 Å². The van der Waals surface area contributed by atoms with Gasteiger partial charge >= 0.3 is 0 Å². The first kappa shape index (κ1) is 17.8. The molecular weight excluding hydrogens is 254 g/mol. The maximum absolute atomic E-state index is 4.19. The number of rotatable bonds is 6. The van der Waals surface area contributed by atoms with Crippen molar-refractivity contribution in [3.8, 4) is 0 Å². The van der Waals surface area contributed by atoms with Crippen LogP contribution in [-0.4, -0.2) is 0 Å². The van der Waals surface area contributed by atoms with E-state index in [1.807, 2.05) is 0 Å². The van der Waals surface area contributed by atoms with E-state index in [2.05, 4.69) is 78.6 Å². The predicted octanol–water partition coefficient (Wildman–Crippen LogP) is 6.12. The SMILES string of the molecule is C=C(NC(=C\C)/C(=C/C)CCC1=CCC1(C)C)C(C)(C)C. The molecule has 1 N–H and O–H groups in total. The average Bonchev–Trinajstić information content (AvgIpc) is 2.39. The largest absolute Gasteiger partial charge is 0.359 e. The molecule has 1 nitrogen and oxygen atoms in total. The molecular formula is C20H33N. The zero-order valence-electron chi connectivity index (χ0n) is 15.1. The Morgan fingerprint density at radius 3 is 2.24 bits per heavy atom. The van der Waals surface area contributed by atoms with Gasteiger partial charge in [-0.2, -0.15) is 0 Å². The molecule has 0 unspecified atom stereocenters. The molecule has 0 aromatic heterocycles. The molecule has 0 saturated carbocycles. The van der Waals surface area contributed by atoms with Gasteiger partial charge in [-0.25, -0.2) is 0 Å². The third-order valence-corrected chi connectivity index (χ3v) is 4.57. The van der Waals surface area contributed by atoms with E-state index in [1.165, 1.54) is 17.7 Å². The molecule has 0 atom stereocenters. The van der Waals surface area contributed by atoms with E-state index in [0.29, 0.717) is 5.41 Å². The third-order valence-electron chi connectivity index (χ3n) is 4.57. The van der Waals surface area contributed by atoms with E-state index in [0.717, 1.165) is 18.5 Å². The number of allylic oxidation sites excluding steroid dienone is 6. The molecule has 1 heteroatoms. The molecule has 1 rings (SSSR count). The van der Waals surface area contributed by atoms with Gasteiger partial charge in [0.05, 0.1) is 0 Å². The van der Waals surface area contributed by atoms with Crippen LogP contribution >= 0.6 is 0 Å². The van der Waals surface area contributed by atoms with E-state index in [-0.39, 0.29) is 5.41 Å². The fraction of sp³-hybridized carbons (Fsp3) is 0.600. The van der Waals surface area contributed by atoms with E-state index in [1.54, 1.807) is 5.57 Å². The minimum atomic E-state index is 0.0750. The maximum atomic E-state index is 4.19. The summed E-state index contributed by atoms with van der Waals surface area (Å²) in [4.78, 5) is 0. The Morgan fingerprint density at radius 2 is 1.90 bits per heavy atom. The van der Waals surface area contributed by atoms with Crippen molar-refractivity contribution in [1.29, 1.82) is 0 Å². The van der Waals surface area contributed by atoms with Gasteiger partial charge in [-0.15, -0.1) is 0 Å². The van der Waals surface area contributed by atoms with Crippen LogP contribution in [-0.2, 0) is 0 Å². The Kier molecular flexibility index (Phi) is 5.67. The first-order valence-electron chi connectivity index (χ1n) is 8.09. The third kappa shape index (κ3) is 4.62. The van der Waals surface area contributed by atoms with Gasteiger partial charge in [-0.1, -0.05) is 65.0 Å². The van der Waals surface area contributed by atoms with Crippen molar-refractivity contribution in [3.05, 3.63) is 47.3 Å². The molecule has 0 radical (unpaired) electrons. The first-order chi connectivity index (χ1) is 9.61. The van der Waals surface area contributed by atoms with Crippen molar-refractivity contribution in [2.24, 2.45) is 10.8 Å². The van der Waals surface area contributed by atoms with Crippen molar-refractivity contribution < 1.29 is 0 Å². The summed E-state index contributed by atoms with van der Waals surface area (Å²) in [5.41, 5.74) is 5.75. The average molecular weight is 287 g/mol. The minimum absolute atomic E-state index is 0.0750. The highest BCUT2D eigenvalue weighted by Gasteiger charge is 2.29. The molecule has 0 aromatic carbocycles. The van der Waals surface area contributed by atoms with Crippen molar-refractivity contribution in [2.45, 2.75) is 67.7 Å². The summed E-state index contributed by atoms with van der Waals surface area (Å²) in [7, 11) is 0. The molecule has 0 spiro atoms. The van der Waals surface area contributed by atoms with Crippen molar-refractivity contribution >= 4 is 0 Å². The molecule has 0 heterocycles. The summed E-state index contributed by atoms with van der Waals surface area (Å²) in [6.45, 7) is 19.6. The predicted molar refractivity (Wildman–Crippen MR) is 95.0 cm³/mol. The van der Waals surface area contributed by atoms with Gasteiger partial charge in [-0.05, 0) is 44.1 Å². The summed E-state index contributed by atoms with van der Waals surface area (Å²) >= 11 is 0. The standard InChI is InChI=1S/C20H33N/c1-9-16(11-12-17-13-14-20(17,7)8)18(10-2)21-15(3)19(4,5)6/h9-10,13,21H,3,11-12,14H2,1-2,4-8H3/b16-9+,18-10-. The van der Waals surface area contributed by atoms with E-state index >= 15 is 0 Å². The van der Waals surface area contributed by atoms with Crippen LogP contribution < -0.4 is 5.32 Å². The fourth-order valence-corrected chi connectivity index (χ4v) is 2.49. The minimum Gasteiger partial charge on any atom is -0.359 e. The van der Waals surface area contributed by atoms with Crippen LogP contribution in [0.1, 0.15) is 67.7 Å². The summed E-state index contributed by atoms with van der Waals surface area (Å²) in [6, 6.07) is 0. The van der Waals surface area contributed by atoms with Crippen LogP contribution in [0.15, 0.2) is 47.3 Å². The highest BCUT2D eigenvalue weighted by atomic mass is 14.9. The highest BCUT2D eigenvalue weighted by molar-refractivity contribution is 5.34. The first-order valence-corrected chi connectivity index (χ1v) is 8.09. The summed E-state index contributed by atoms with van der Waals surface area (Å²) < 4.78 is 0. The van der Waals surface area contributed by atoms with Gasteiger partial charge in [0.1, 0.15) is 0 Å². The Balaban J connectivity index is 2.68. The lowest BCUT2D eigenvalue weighted by molar-refractivity contribution is 0.384. The monoisotopic (exact) mass is 287 g/mol. The zero-order valence-corrected chi connectivity index (χ0v) is 15.1. The number of nitrogens with one attached hydrogen (secondary N) is 1. The molecule has 0 aliphatic heterocycles. The number of hydrogen-bond acceptors (Lipinski definition) is 1. The van der Waals surface area contributed by atoms with Gasteiger partial charge in [0.15, 0.2) is 0 Å². The molecule has 21 heavy (non-hydrogen) atoms. The Labute approximate surface area is 131 Å². The molecule has 0 fully saturated rings.